The number of rotatable bonds is 4. The van der Waals surface area contributed by atoms with Gasteiger partial charge in [0.2, 0.25) is 5.96 Å². The summed E-state index contributed by atoms with van der Waals surface area (Å²) < 4.78 is 10.7. The molecule has 0 spiro atoms. The van der Waals surface area contributed by atoms with Crippen molar-refractivity contribution in [1.29, 1.82) is 0 Å². The van der Waals surface area contributed by atoms with Crippen LogP contribution in [0.15, 0.2) is 65.7 Å². The lowest BCUT2D eigenvalue weighted by Gasteiger charge is -2.22. The van der Waals surface area contributed by atoms with Crippen molar-refractivity contribution in [3.05, 3.63) is 71.8 Å². The highest BCUT2D eigenvalue weighted by atomic mass is 16.6. The monoisotopic (exact) mass is 515 g/mol. The number of benzene rings is 3. The number of ether oxygens (including phenoxy) is 2. The Bertz CT molecular complexity index is 1310. The standard InChI is InChI=1S/C31H37N3O4/c1-30(2,3)37-28(35)33-27(34-29(36)38-31(4,5)6)32-19-23-9-7-12-26-24(10-8-11-25(23)26)22-17-15-21(16-18-22)20-13-14-20/h7-12,15-18,20H,13-14,19H2,1-6H3,(H2,32,33,34,35,36). The highest BCUT2D eigenvalue weighted by molar-refractivity contribution is 6.02. The van der Waals surface area contributed by atoms with Crippen molar-refractivity contribution < 1.29 is 19.1 Å². The van der Waals surface area contributed by atoms with Crippen LogP contribution in [0.3, 0.4) is 0 Å². The number of hydrogen-bond acceptors (Lipinski definition) is 5. The average Bonchev–Trinajstić information content (AvgIpc) is 3.65. The zero-order valence-corrected chi connectivity index (χ0v) is 23.1. The Morgan fingerprint density at radius 1 is 0.789 bits per heavy atom. The number of nitrogens with zero attached hydrogens (tertiary/aromatic N) is 1. The molecular formula is C31H37N3O4. The molecule has 1 aliphatic carbocycles. The number of hydrogen-bond donors (Lipinski definition) is 2. The molecule has 1 saturated carbocycles. The lowest BCUT2D eigenvalue weighted by atomic mass is 9.95. The molecule has 0 atom stereocenters. The van der Waals surface area contributed by atoms with Gasteiger partial charge in [-0.15, -0.1) is 0 Å². The summed E-state index contributed by atoms with van der Waals surface area (Å²) in [7, 11) is 0. The second-order valence-electron chi connectivity index (χ2n) is 11.6. The molecule has 0 heterocycles. The number of carbonyl (C=O) groups excluding carboxylic acids is 2. The van der Waals surface area contributed by atoms with Gasteiger partial charge in [0.15, 0.2) is 0 Å². The van der Waals surface area contributed by atoms with E-state index in [1.54, 1.807) is 41.5 Å². The first-order chi connectivity index (χ1) is 17.9. The summed E-state index contributed by atoms with van der Waals surface area (Å²) in [6, 6.07) is 21.2. The molecule has 2 amide bonds. The Labute approximate surface area is 224 Å². The highest BCUT2D eigenvalue weighted by Gasteiger charge is 2.23. The molecule has 1 fully saturated rings. The van der Waals surface area contributed by atoms with Gasteiger partial charge in [-0.05, 0) is 93.3 Å². The largest absolute Gasteiger partial charge is 0.444 e. The van der Waals surface area contributed by atoms with Gasteiger partial charge >= 0.3 is 12.2 Å². The van der Waals surface area contributed by atoms with Crippen LogP contribution < -0.4 is 10.6 Å². The number of fused-ring (bicyclic) bond motifs is 1. The maximum absolute atomic E-state index is 12.4. The molecule has 3 aromatic carbocycles. The molecule has 0 aliphatic heterocycles. The summed E-state index contributed by atoms with van der Waals surface area (Å²) in [4.78, 5) is 29.4. The fourth-order valence-electron chi connectivity index (χ4n) is 4.19. The molecule has 200 valence electrons. The van der Waals surface area contributed by atoms with Gasteiger partial charge in [0, 0.05) is 0 Å². The zero-order valence-electron chi connectivity index (χ0n) is 23.1. The van der Waals surface area contributed by atoms with Gasteiger partial charge in [-0.1, -0.05) is 60.7 Å². The number of guanidine groups is 1. The van der Waals surface area contributed by atoms with Crippen LogP contribution in [0.2, 0.25) is 0 Å². The normalized spacial score (nSPS) is 13.5. The number of amides is 2. The summed E-state index contributed by atoms with van der Waals surface area (Å²) in [6.45, 7) is 10.8. The topological polar surface area (TPSA) is 89.0 Å². The van der Waals surface area contributed by atoms with Gasteiger partial charge in [0.05, 0.1) is 6.54 Å². The van der Waals surface area contributed by atoms with Crippen molar-refractivity contribution in [2.45, 2.75) is 78.0 Å². The molecule has 4 rings (SSSR count). The maximum atomic E-state index is 12.4. The third kappa shape index (κ3) is 7.57. The Balaban J connectivity index is 1.60. The van der Waals surface area contributed by atoms with Crippen LogP contribution in [0.1, 0.15) is 71.4 Å². The van der Waals surface area contributed by atoms with Crippen LogP contribution in [0, 0.1) is 0 Å². The molecule has 0 radical (unpaired) electrons. The van der Waals surface area contributed by atoms with Crippen molar-refractivity contribution in [3.63, 3.8) is 0 Å². The predicted octanol–water partition coefficient (Wildman–Crippen LogP) is 7.29. The Kier molecular flexibility index (Phi) is 7.76. The van der Waals surface area contributed by atoms with E-state index in [0.717, 1.165) is 27.8 Å². The summed E-state index contributed by atoms with van der Waals surface area (Å²) in [5.74, 6) is 0.677. The number of alkyl carbamates (subject to hydrolysis) is 2. The summed E-state index contributed by atoms with van der Waals surface area (Å²) in [6.07, 6.45) is 1.13. The van der Waals surface area contributed by atoms with Crippen molar-refractivity contribution in [3.8, 4) is 11.1 Å². The fourth-order valence-corrected chi connectivity index (χ4v) is 4.19. The molecule has 0 saturated heterocycles. The first-order valence-corrected chi connectivity index (χ1v) is 13.0. The minimum Gasteiger partial charge on any atom is -0.444 e. The highest BCUT2D eigenvalue weighted by Crippen LogP contribution is 2.41. The SMILES string of the molecule is CC(C)(C)OC(=O)NC(=NCc1cccc2c(-c3ccc(C4CC4)cc3)cccc12)NC(=O)OC(C)(C)C. The van der Waals surface area contributed by atoms with E-state index in [1.165, 1.54) is 24.0 Å². The van der Waals surface area contributed by atoms with Crippen molar-refractivity contribution in [2.75, 3.05) is 0 Å². The van der Waals surface area contributed by atoms with Gasteiger partial charge in [-0.2, -0.15) is 0 Å². The quantitative estimate of drug-likeness (QED) is 0.282. The first kappa shape index (κ1) is 27.2. The van der Waals surface area contributed by atoms with E-state index >= 15 is 0 Å². The Morgan fingerprint density at radius 2 is 1.34 bits per heavy atom. The lowest BCUT2D eigenvalue weighted by molar-refractivity contribution is 0.0545. The van der Waals surface area contributed by atoms with E-state index in [2.05, 4.69) is 58.1 Å². The predicted molar refractivity (Wildman–Crippen MR) is 151 cm³/mol. The third-order valence-corrected chi connectivity index (χ3v) is 5.93. The van der Waals surface area contributed by atoms with Gasteiger partial charge < -0.3 is 9.47 Å². The molecule has 7 heteroatoms. The second kappa shape index (κ2) is 10.9. The van der Waals surface area contributed by atoms with Crippen molar-refractivity contribution in [2.24, 2.45) is 4.99 Å². The van der Waals surface area contributed by atoms with Crippen molar-refractivity contribution >= 4 is 28.9 Å². The van der Waals surface area contributed by atoms with Crippen LogP contribution in [-0.4, -0.2) is 29.3 Å². The minimum absolute atomic E-state index is 0.0441. The van der Waals surface area contributed by atoms with E-state index in [4.69, 9.17) is 9.47 Å². The van der Waals surface area contributed by atoms with Gasteiger partial charge in [-0.3, -0.25) is 10.6 Å². The third-order valence-electron chi connectivity index (χ3n) is 5.93. The zero-order chi connectivity index (χ0) is 27.5. The van der Waals surface area contributed by atoms with E-state index in [9.17, 15) is 9.59 Å². The smallest absolute Gasteiger partial charge is 0.414 e. The van der Waals surface area contributed by atoms with Crippen LogP contribution >= 0.6 is 0 Å². The van der Waals surface area contributed by atoms with Crippen LogP contribution in [-0.2, 0) is 16.0 Å². The van der Waals surface area contributed by atoms with Crippen LogP contribution in [0.5, 0.6) is 0 Å². The number of aliphatic imine (C=N–C) groups is 1. The maximum Gasteiger partial charge on any atom is 0.414 e. The summed E-state index contributed by atoms with van der Waals surface area (Å²) in [5, 5.41) is 7.25. The lowest BCUT2D eigenvalue weighted by Crippen LogP contribution is -2.47. The molecule has 3 aromatic rings. The van der Waals surface area contributed by atoms with E-state index < -0.39 is 23.4 Å². The van der Waals surface area contributed by atoms with Gasteiger partial charge in [0.1, 0.15) is 11.2 Å². The second-order valence-corrected chi connectivity index (χ2v) is 11.6. The van der Waals surface area contributed by atoms with Gasteiger partial charge in [-0.25, -0.2) is 14.6 Å². The minimum atomic E-state index is -0.720. The van der Waals surface area contributed by atoms with Crippen molar-refractivity contribution in [1.82, 2.24) is 10.6 Å². The first-order valence-electron chi connectivity index (χ1n) is 13.0. The summed E-state index contributed by atoms with van der Waals surface area (Å²) >= 11 is 0. The van der Waals surface area contributed by atoms with E-state index in [0.29, 0.717) is 0 Å². The van der Waals surface area contributed by atoms with E-state index in [1.807, 2.05) is 18.2 Å². The number of carbonyl (C=O) groups is 2. The number of nitrogens with one attached hydrogen (secondary N) is 2. The molecule has 0 aromatic heterocycles. The Morgan fingerprint density at radius 3 is 1.89 bits per heavy atom. The van der Waals surface area contributed by atoms with E-state index in [-0.39, 0.29) is 12.5 Å². The van der Waals surface area contributed by atoms with Gasteiger partial charge in [0.25, 0.3) is 0 Å². The molecule has 38 heavy (non-hydrogen) atoms. The molecule has 2 N–H and O–H groups in total. The van der Waals surface area contributed by atoms with Crippen LogP contribution in [0.4, 0.5) is 9.59 Å². The molecule has 1 aliphatic rings. The fraction of sp³-hybridized carbons (Fsp3) is 0.387. The summed E-state index contributed by atoms with van der Waals surface area (Å²) in [5.41, 5.74) is 3.27. The Hall–Kier alpha value is -3.87. The molecular weight excluding hydrogens is 478 g/mol. The molecule has 0 unspecified atom stereocenters. The molecule has 0 bridgehead atoms. The average molecular weight is 516 g/mol. The molecule has 7 nitrogen and oxygen atoms in total. The van der Waals surface area contributed by atoms with Crippen LogP contribution in [0.25, 0.3) is 21.9 Å².